The lowest BCUT2D eigenvalue weighted by atomic mass is 10.2. The van der Waals surface area contributed by atoms with Crippen molar-refractivity contribution in [2.45, 2.75) is 6.18 Å². The Balaban J connectivity index is 2.73. The first-order valence-corrected chi connectivity index (χ1v) is 5.59. The van der Waals surface area contributed by atoms with Crippen molar-refractivity contribution in [2.24, 2.45) is 0 Å². The zero-order valence-corrected chi connectivity index (χ0v) is 9.25. The third-order valence-corrected chi connectivity index (χ3v) is 2.00. The van der Waals surface area contributed by atoms with Crippen LogP contribution in [-0.4, -0.2) is 19.1 Å². The quantitative estimate of drug-likeness (QED) is 0.811. The number of hydrogen-bond donors (Lipinski definition) is 2. The molecule has 10 heteroatoms. The molecule has 1 aromatic carbocycles. The van der Waals surface area contributed by atoms with Gasteiger partial charge in [0.05, 0.1) is 5.56 Å². The number of carbonyl (C=O) groups is 1. The second kappa shape index (κ2) is 4.82. The van der Waals surface area contributed by atoms with Crippen LogP contribution in [0.3, 0.4) is 0 Å². The van der Waals surface area contributed by atoms with Crippen molar-refractivity contribution in [3.8, 4) is 0 Å². The Hall–Kier alpha value is -1.81. The zero-order chi connectivity index (χ0) is 14.0. The fourth-order valence-electron chi connectivity index (χ4n) is 0.977. The number of anilines is 1. The van der Waals surface area contributed by atoms with Gasteiger partial charge < -0.3 is 4.18 Å². The van der Waals surface area contributed by atoms with E-state index in [1.807, 2.05) is 5.32 Å². The van der Waals surface area contributed by atoms with Gasteiger partial charge in [0.2, 0.25) is 0 Å². The first-order valence-electron chi connectivity index (χ1n) is 4.23. The summed E-state index contributed by atoms with van der Waals surface area (Å²) in [4.78, 5) is 10.8. The van der Waals surface area contributed by atoms with Gasteiger partial charge in [0, 0.05) is 5.69 Å². The van der Waals surface area contributed by atoms with Crippen molar-refractivity contribution in [1.29, 1.82) is 0 Å². The van der Waals surface area contributed by atoms with E-state index in [4.69, 9.17) is 4.55 Å². The minimum absolute atomic E-state index is 0.128. The maximum atomic E-state index is 12.2. The van der Waals surface area contributed by atoms with Gasteiger partial charge in [0.1, 0.15) is 0 Å². The molecule has 0 saturated carbocycles. The second-order valence-electron chi connectivity index (χ2n) is 3.00. The summed E-state index contributed by atoms with van der Waals surface area (Å²) in [5.41, 5.74) is -1.06. The first-order chi connectivity index (χ1) is 8.08. The molecular weight excluding hydrogens is 279 g/mol. The van der Waals surface area contributed by atoms with E-state index in [1.165, 1.54) is 0 Å². The molecule has 6 nitrogen and oxygen atoms in total. The summed E-state index contributed by atoms with van der Waals surface area (Å²) in [6, 6.07) is 3.16. The fourth-order valence-corrected chi connectivity index (χ4v) is 1.21. The summed E-state index contributed by atoms with van der Waals surface area (Å²) in [7, 11) is -4.97. The van der Waals surface area contributed by atoms with Gasteiger partial charge in [0.25, 0.3) is 0 Å². The van der Waals surface area contributed by atoms with Crippen LogP contribution in [0.4, 0.5) is 23.7 Å². The standard InChI is InChI=1S/C8H6F3NO5S/c9-8(10,11)5-1-3-6(4-2-5)12-7(13)17-18(14,15)16/h1-4H,(H,12,13)(H,14,15,16). The summed E-state index contributed by atoms with van der Waals surface area (Å²) in [5, 5.41) is 1.81. The SMILES string of the molecule is O=C(Nc1ccc(C(F)(F)F)cc1)OS(=O)(=O)O. The largest absolute Gasteiger partial charge is 0.450 e. The fraction of sp³-hybridized carbons (Fsp3) is 0.125. The normalized spacial score (nSPS) is 12.0. The smallest absolute Gasteiger partial charge is 0.306 e. The Labute approximate surface area is 99.3 Å². The molecule has 0 aliphatic rings. The van der Waals surface area contributed by atoms with Gasteiger partial charge in [-0.2, -0.15) is 21.6 Å². The molecule has 0 atom stereocenters. The van der Waals surface area contributed by atoms with Crippen LogP contribution in [0.5, 0.6) is 0 Å². The van der Waals surface area contributed by atoms with Crippen LogP contribution < -0.4 is 5.32 Å². The lowest BCUT2D eigenvalue weighted by molar-refractivity contribution is -0.137. The number of alkyl halides is 3. The summed E-state index contributed by atoms with van der Waals surface area (Å²) in [6.45, 7) is 0. The highest BCUT2D eigenvalue weighted by molar-refractivity contribution is 7.81. The maximum absolute atomic E-state index is 12.2. The van der Waals surface area contributed by atoms with E-state index in [1.54, 1.807) is 0 Å². The van der Waals surface area contributed by atoms with Crippen molar-refractivity contribution in [3.05, 3.63) is 29.8 Å². The Bertz CT molecular complexity index is 537. The molecule has 0 heterocycles. The first kappa shape index (κ1) is 14.3. The number of halogens is 3. The molecule has 0 aliphatic heterocycles. The third-order valence-electron chi connectivity index (χ3n) is 1.64. The van der Waals surface area contributed by atoms with Crippen LogP contribution in [0.15, 0.2) is 24.3 Å². The summed E-state index contributed by atoms with van der Waals surface area (Å²) >= 11 is 0. The van der Waals surface area contributed by atoms with Gasteiger partial charge in [-0.25, -0.2) is 4.79 Å². The van der Waals surface area contributed by atoms with Crippen molar-refractivity contribution in [2.75, 3.05) is 5.32 Å². The molecule has 0 spiro atoms. The van der Waals surface area contributed by atoms with Crippen molar-refractivity contribution < 1.29 is 35.1 Å². The molecule has 18 heavy (non-hydrogen) atoms. The summed E-state index contributed by atoms with van der Waals surface area (Å²) in [5.74, 6) is 0. The Morgan fingerprint density at radius 3 is 2.11 bits per heavy atom. The molecule has 0 aromatic heterocycles. The third kappa shape index (κ3) is 4.59. The molecule has 0 saturated heterocycles. The van der Waals surface area contributed by atoms with Gasteiger partial charge in [-0.05, 0) is 24.3 Å². The van der Waals surface area contributed by atoms with E-state index >= 15 is 0 Å². The van der Waals surface area contributed by atoms with E-state index in [0.29, 0.717) is 12.1 Å². The summed E-state index contributed by atoms with van der Waals surface area (Å²) < 4.78 is 68.5. The molecule has 0 bridgehead atoms. The van der Waals surface area contributed by atoms with Crippen molar-refractivity contribution in [3.63, 3.8) is 0 Å². The van der Waals surface area contributed by atoms with Crippen LogP contribution in [0.25, 0.3) is 0 Å². The van der Waals surface area contributed by atoms with Crippen LogP contribution in [0, 0.1) is 0 Å². The zero-order valence-electron chi connectivity index (χ0n) is 8.43. The van der Waals surface area contributed by atoms with E-state index in [9.17, 15) is 26.4 Å². The number of amides is 1. The minimum atomic E-state index is -4.97. The van der Waals surface area contributed by atoms with Crippen molar-refractivity contribution in [1.82, 2.24) is 0 Å². The minimum Gasteiger partial charge on any atom is -0.306 e. The van der Waals surface area contributed by atoms with Crippen LogP contribution in [0.1, 0.15) is 5.56 Å². The number of rotatable bonds is 2. The Morgan fingerprint density at radius 1 is 1.22 bits per heavy atom. The molecule has 2 N–H and O–H groups in total. The molecule has 100 valence electrons. The monoisotopic (exact) mass is 285 g/mol. The second-order valence-corrected chi connectivity index (χ2v) is 4.02. The van der Waals surface area contributed by atoms with Gasteiger partial charge >= 0.3 is 22.7 Å². The van der Waals surface area contributed by atoms with Crippen molar-refractivity contribution >= 4 is 22.2 Å². The number of carbonyl (C=O) groups excluding carboxylic acids is 1. The lowest BCUT2D eigenvalue weighted by Gasteiger charge is -2.08. The topological polar surface area (TPSA) is 92.7 Å². The molecular formula is C8H6F3NO5S. The molecule has 0 radical (unpaired) electrons. The Morgan fingerprint density at radius 2 is 1.72 bits per heavy atom. The van der Waals surface area contributed by atoms with E-state index in [0.717, 1.165) is 12.1 Å². The average molecular weight is 285 g/mol. The molecule has 1 aromatic rings. The predicted octanol–water partition coefficient (Wildman–Crippen LogP) is 2.06. The van der Waals surface area contributed by atoms with Gasteiger partial charge in [0.15, 0.2) is 0 Å². The molecule has 1 amide bonds. The molecule has 0 fully saturated rings. The van der Waals surface area contributed by atoms with E-state index < -0.39 is 28.2 Å². The van der Waals surface area contributed by atoms with Gasteiger partial charge in [-0.1, -0.05) is 0 Å². The summed E-state index contributed by atoms with van der Waals surface area (Å²) in [6.07, 6.45) is -6.06. The average Bonchev–Trinajstić information content (AvgIpc) is 2.13. The van der Waals surface area contributed by atoms with Crippen LogP contribution >= 0.6 is 0 Å². The van der Waals surface area contributed by atoms with E-state index in [2.05, 4.69) is 4.18 Å². The highest BCUT2D eigenvalue weighted by Crippen LogP contribution is 2.29. The molecule has 1 rings (SSSR count). The van der Waals surface area contributed by atoms with Gasteiger partial charge in [-0.3, -0.25) is 9.87 Å². The molecule has 0 aliphatic carbocycles. The predicted molar refractivity (Wildman–Crippen MR) is 53.1 cm³/mol. The van der Waals surface area contributed by atoms with E-state index in [-0.39, 0.29) is 5.69 Å². The number of nitrogens with one attached hydrogen (secondary N) is 1. The lowest BCUT2D eigenvalue weighted by Crippen LogP contribution is -2.18. The number of hydrogen-bond acceptors (Lipinski definition) is 4. The van der Waals surface area contributed by atoms with Crippen LogP contribution in [-0.2, 0) is 20.8 Å². The molecule has 0 unspecified atom stereocenters. The number of benzene rings is 1. The highest BCUT2D eigenvalue weighted by atomic mass is 32.3. The maximum Gasteiger partial charge on any atom is 0.450 e. The Kier molecular flexibility index (Phi) is 3.82. The van der Waals surface area contributed by atoms with Crippen LogP contribution in [0.2, 0.25) is 0 Å². The highest BCUT2D eigenvalue weighted by Gasteiger charge is 2.30. The van der Waals surface area contributed by atoms with Gasteiger partial charge in [-0.15, -0.1) is 0 Å².